The van der Waals surface area contributed by atoms with E-state index in [1.165, 1.54) is 11.0 Å². The maximum absolute atomic E-state index is 14.1. The summed E-state index contributed by atoms with van der Waals surface area (Å²) < 4.78 is 3.43. The van der Waals surface area contributed by atoms with Crippen molar-refractivity contribution in [1.82, 2.24) is 9.36 Å². The molecule has 0 saturated heterocycles. The van der Waals surface area contributed by atoms with Crippen LogP contribution in [0.2, 0.25) is 0 Å². The van der Waals surface area contributed by atoms with E-state index < -0.39 is 5.60 Å². The van der Waals surface area contributed by atoms with E-state index in [-0.39, 0.29) is 5.56 Å². The van der Waals surface area contributed by atoms with Crippen LogP contribution in [0.3, 0.4) is 0 Å². The number of benzene rings is 4. The topological polar surface area (TPSA) is 77.4 Å². The molecule has 1 aromatic heterocycles. The van der Waals surface area contributed by atoms with Crippen molar-refractivity contribution in [3.05, 3.63) is 147 Å². The summed E-state index contributed by atoms with van der Waals surface area (Å²) in [6, 6.07) is 35.4. The van der Waals surface area contributed by atoms with Gasteiger partial charge in [-0.2, -0.15) is 5.26 Å². The minimum Gasteiger partial charge on any atom is -0.378 e. The molecule has 0 amide bonds. The van der Waals surface area contributed by atoms with Gasteiger partial charge in [0.2, 0.25) is 0 Å². The van der Waals surface area contributed by atoms with E-state index in [9.17, 15) is 9.90 Å². The first-order chi connectivity index (χ1) is 20.6. The lowest BCUT2D eigenvalue weighted by Gasteiger charge is -2.30. The van der Waals surface area contributed by atoms with Crippen LogP contribution >= 0.6 is 12.6 Å². The Balaban J connectivity index is 0.00000135. The number of aliphatic hydroxyl groups is 1. The summed E-state index contributed by atoms with van der Waals surface area (Å²) in [4.78, 5) is 18.3. The molecule has 43 heavy (non-hydrogen) atoms. The fourth-order valence-corrected chi connectivity index (χ4v) is 5.35. The third kappa shape index (κ3) is 6.38. The minimum absolute atomic E-state index is 0.254. The molecule has 7 nitrogen and oxygen atoms in total. The zero-order chi connectivity index (χ0) is 31.1. The minimum atomic E-state index is -1.67. The Labute approximate surface area is 258 Å². The second kappa shape index (κ2) is 13.5. The zero-order valence-electron chi connectivity index (χ0n) is 25.1. The highest BCUT2D eigenvalue weighted by molar-refractivity contribution is 7.85. The highest BCUT2D eigenvalue weighted by atomic mass is 32.1. The molecule has 0 saturated carbocycles. The van der Waals surface area contributed by atoms with Gasteiger partial charge < -0.3 is 14.9 Å². The molecule has 1 atom stereocenters. The van der Waals surface area contributed by atoms with E-state index in [1.54, 1.807) is 4.68 Å². The molecule has 1 heterocycles. The van der Waals surface area contributed by atoms with Crippen LogP contribution in [-0.4, -0.2) is 35.6 Å². The molecule has 0 aliphatic carbocycles. The maximum atomic E-state index is 14.1. The number of hydrogen-bond donors (Lipinski definition) is 2. The molecule has 4 aromatic carbocycles. The van der Waals surface area contributed by atoms with E-state index in [0.717, 1.165) is 23.6 Å². The molecular weight excluding hydrogens is 554 g/mol. The second-order valence-corrected chi connectivity index (χ2v) is 10.8. The SMILES string of the molecule is Cc1c(C(O)(c2ccc(N(C)C)cc2)c2ccc(N(C)Cc3ccccc3)cc2)c(=O)n(-c2ccccc2)n1C.N#CS. The van der Waals surface area contributed by atoms with E-state index in [1.807, 2.05) is 142 Å². The molecular formula is C35H37N5O2S. The number of nitrogens with zero attached hydrogens (tertiary/aromatic N) is 5. The molecule has 0 bridgehead atoms. The van der Waals surface area contributed by atoms with Gasteiger partial charge in [0, 0.05) is 51.8 Å². The third-order valence-electron chi connectivity index (χ3n) is 7.71. The van der Waals surface area contributed by atoms with Crippen LogP contribution in [0.15, 0.2) is 114 Å². The lowest BCUT2D eigenvalue weighted by atomic mass is 9.80. The summed E-state index contributed by atoms with van der Waals surface area (Å²) in [5.74, 6) is 0. The average molecular weight is 592 g/mol. The number of nitriles is 1. The van der Waals surface area contributed by atoms with Gasteiger partial charge in [-0.05, 0) is 60.0 Å². The van der Waals surface area contributed by atoms with E-state index >= 15 is 0 Å². The lowest BCUT2D eigenvalue weighted by molar-refractivity contribution is 0.124. The summed E-state index contributed by atoms with van der Waals surface area (Å²) in [7, 11) is 7.86. The van der Waals surface area contributed by atoms with E-state index in [0.29, 0.717) is 22.4 Å². The zero-order valence-corrected chi connectivity index (χ0v) is 26.0. The van der Waals surface area contributed by atoms with Crippen molar-refractivity contribution in [3.8, 4) is 11.1 Å². The Kier molecular flexibility index (Phi) is 9.81. The van der Waals surface area contributed by atoms with Gasteiger partial charge in [-0.1, -0.05) is 85.4 Å². The highest BCUT2D eigenvalue weighted by Crippen LogP contribution is 2.38. The van der Waals surface area contributed by atoms with Gasteiger partial charge in [-0.15, -0.1) is 0 Å². The normalized spacial score (nSPS) is 12.0. The number of rotatable bonds is 8. The Morgan fingerprint density at radius 2 is 1.28 bits per heavy atom. The van der Waals surface area contributed by atoms with Crippen molar-refractivity contribution in [2.45, 2.75) is 19.1 Å². The standard InChI is InChI=1S/C34H36N4O2.CHNS/c1-25-32(33(39)38(37(25)5)31-14-10-7-11-15-31)34(40,27-16-20-29(21-17-27)35(2)3)28-18-22-30(23-19-28)36(4)24-26-12-8-6-9-13-26;2-1-3/h6-23,40H,24H2,1-5H3;3H. The molecule has 0 aliphatic rings. The highest BCUT2D eigenvalue weighted by Gasteiger charge is 2.40. The molecule has 1 unspecified atom stereocenters. The lowest BCUT2D eigenvalue weighted by Crippen LogP contribution is -2.35. The van der Waals surface area contributed by atoms with Gasteiger partial charge >= 0.3 is 0 Å². The van der Waals surface area contributed by atoms with Crippen molar-refractivity contribution in [3.63, 3.8) is 0 Å². The second-order valence-electron chi connectivity index (χ2n) is 10.6. The van der Waals surface area contributed by atoms with Gasteiger partial charge in [-0.25, -0.2) is 4.68 Å². The number of thiol groups is 1. The van der Waals surface area contributed by atoms with Crippen LogP contribution in [0.1, 0.15) is 27.9 Å². The largest absolute Gasteiger partial charge is 0.378 e. The van der Waals surface area contributed by atoms with Gasteiger partial charge in [0.05, 0.1) is 11.3 Å². The summed E-state index contributed by atoms with van der Waals surface area (Å²) in [6.07, 6.45) is 0. The quantitative estimate of drug-likeness (QED) is 0.174. The van der Waals surface area contributed by atoms with Crippen molar-refractivity contribution in [1.29, 1.82) is 5.26 Å². The number of aromatic nitrogens is 2. The Hall–Kier alpha value is -4.71. The Morgan fingerprint density at radius 1 is 0.814 bits per heavy atom. The van der Waals surface area contributed by atoms with Crippen molar-refractivity contribution in [2.75, 3.05) is 30.9 Å². The van der Waals surface area contributed by atoms with Crippen molar-refractivity contribution in [2.24, 2.45) is 7.05 Å². The maximum Gasteiger partial charge on any atom is 0.278 e. The average Bonchev–Trinajstić information content (AvgIpc) is 3.25. The summed E-state index contributed by atoms with van der Waals surface area (Å²) in [5, 5.41) is 21.3. The van der Waals surface area contributed by atoms with Crippen LogP contribution in [0, 0.1) is 17.6 Å². The number of thiocyanates is 1. The number of anilines is 2. The van der Waals surface area contributed by atoms with Gasteiger partial charge in [-0.3, -0.25) is 9.48 Å². The Bertz CT molecular complexity index is 1740. The molecule has 0 radical (unpaired) electrons. The summed E-state index contributed by atoms with van der Waals surface area (Å²) in [5.41, 5.74) is 4.36. The summed E-state index contributed by atoms with van der Waals surface area (Å²) in [6.45, 7) is 2.65. The van der Waals surface area contributed by atoms with Crippen LogP contribution in [0.4, 0.5) is 11.4 Å². The molecule has 8 heteroatoms. The van der Waals surface area contributed by atoms with E-state index in [4.69, 9.17) is 5.26 Å². The third-order valence-corrected chi connectivity index (χ3v) is 7.71. The molecule has 5 rings (SSSR count). The molecule has 0 fully saturated rings. The molecule has 220 valence electrons. The Morgan fingerprint density at radius 3 is 1.77 bits per heavy atom. The molecule has 0 spiro atoms. The van der Waals surface area contributed by atoms with Gasteiger partial charge in [0.15, 0.2) is 0 Å². The van der Waals surface area contributed by atoms with Gasteiger partial charge in [0.25, 0.3) is 5.56 Å². The fourth-order valence-electron chi connectivity index (χ4n) is 5.35. The molecule has 5 aromatic rings. The fraction of sp³-hybridized carbons (Fsp3) is 0.200. The smallest absolute Gasteiger partial charge is 0.278 e. The first-order valence-electron chi connectivity index (χ1n) is 13.9. The molecule has 0 aliphatic heterocycles. The monoisotopic (exact) mass is 591 g/mol. The predicted octanol–water partition coefficient (Wildman–Crippen LogP) is 5.87. The predicted molar refractivity (Wildman–Crippen MR) is 178 cm³/mol. The number of hydrogen-bond acceptors (Lipinski definition) is 6. The van der Waals surface area contributed by atoms with Crippen molar-refractivity contribution >= 4 is 24.0 Å². The molecule has 1 N–H and O–H groups in total. The number of para-hydroxylation sites is 1. The first kappa shape index (κ1) is 31.2. The van der Waals surface area contributed by atoms with Gasteiger partial charge in [0.1, 0.15) is 11.0 Å². The van der Waals surface area contributed by atoms with Crippen molar-refractivity contribution < 1.29 is 5.11 Å². The van der Waals surface area contributed by atoms with E-state index in [2.05, 4.69) is 29.7 Å². The van der Waals surface area contributed by atoms with Crippen LogP contribution in [0.25, 0.3) is 5.69 Å². The van der Waals surface area contributed by atoms with Crippen LogP contribution in [-0.2, 0) is 19.2 Å². The van der Waals surface area contributed by atoms with Crippen LogP contribution < -0.4 is 15.4 Å². The van der Waals surface area contributed by atoms with Crippen LogP contribution in [0.5, 0.6) is 0 Å². The first-order valence-corrected chi connectivity index (χ1v) is 14.3. The summed E-state index contributed by atoms with van der Waals surface area (Å²) >= 11 is 3.09.